The van der Waals surface area contributed by atoms with E-state index in [1.807, 2.05) is 20.0 Å². The molecule has 0 atom stereocenters. The largest absolute Gasteiger partial charge is 0.326 e. The third-order valence-corrected chi connectivity index (χ3v) is 6.30. The van der Waals surface area contributed by atoms with E-state index >= 15 is 0 Å². The van der Waals surface area contributed by atoms with Gasteiger partial charge in [-0.05, 0) is 51.1 Å². The summed E-state index contributed by atoms with van der Waals surface area (Å²) in [6, 6.07) is 5.21. The van der Waals surface area contributed by atoms with Crippen molar-refractivity contribution in [2.75, 3.05) is 26.7 Å². The first kappa shape index (κ1) is 16.4. The van der Waals surface area contributed by atoms with E-state index in [2.05, 4.69) is 18.7 Å². The van der Waals surface area contributed by atoms with Crippen molar-refractivity contribution in [3.63, 3.8) is 0 Å². The lowest BCUT2D eigenvalue weighted by Gasteiger charge is -2.44. The molecule has 1 aromatic rings. The molecule has 0 saturated carbocycles. The number of sulfonamides is 1. The van der Waals surface area contributed by atoms with Crippen LogP contribution in [0.3, 0.4) is 0 Å². The Hall–Kier alpha value is -0.950. The van der Waals surface area contributed by atoms with Gasteiger partial charge in [-0.25, -0.2) is 8.42 Å². The van der Waals surface area contributed by atoms with Crippen LogP contribution in [0.25, 0.3) is 0 Å². The number of nitrogens with two attached hydrogens (primary N) is 1. The average molecular weight is 311 g/mol. The van der Waals surface area contributed by atoms with E-state index in [1.165, 1.54) is 0 Å². The minimum atomic E-state index is -3.45. The van der Waals surface area contributed by atoms with E-state index in [0.717, 1.165) is 17.7 Å². The summed E-state index contributed by atoms with van der Waals surface area (Å²) < 4.78 is 27.2. The molecule has 0 bridgehead atoms. The Labute approximate surface area is 127 Å². The maximum Gasteiger partial charge on any atom is 0.243 e. The molecule has 0 spiro atoms. The molecule has 1 aliphatic heterocycles. The molecule has 0 unspecified atom stereocenters. The van der Waals surface area contributed by atoms with Crippen LogP contribution in [0.15, 0.2) is 23.1 Å². The second-order valence-corrected chi connectivity index (χ2v) is 8.30. The minimum Gasteiger partial charge on any atom is -0.326 e. The maximum absolute atomic E-state index is 12.8. The first-order chi connectivity index (χ1) is 9.68. The van der Waals surface area contributed by atoms with Crippen LogP contribution >= 0.6 is 0 Å². The number of benzene rings is 1. The van der Waals surface area contributed by atoms with Crippen molar-refractivity contribution in [3.05, 3.63) is 29.3 Å². The Bertz CT molecular complexity index is 626. The lowest BCUT2D eigenvalue weighted by Crippen LogP contribution is -2.58. The molecule has 118 valence electrons. The number of likely N-dealkylation sites (N-methyl/N-ethyl adjacent to an activating group) is 1. The number of hydrogen-bond donors (Lipinski definition) is 1. The van der Waals surface area contributed by atoms with Gasteiger partial charge in [-0.1, -0.05) is 6.07 Å². The molecule has 0 aliphatic carbocycles. The van der Waals surface area contributed by atoms with Crippen LogP contribution in [0, 0.1) is 6.92 Å². The van der Waals surface area contributed by atoms with Crippen LogP contribution in [-0.4, -0.2) is 49.8 Å². The van der Waals surface area contributed by atoms with Gasteiger partial charge in [0.1, 0.15) is 0 Å². The molecule has 1 fully saturated rings. The van der Waals surface area contributed by atoms with Gasteiger partial charge in [-0.3, -0.25) is 4.90 Å². The Morgan fingerprint density at radius 1 is 1.29 bits per heavy atom. The monoisotopic (exact) mass is 311 g/mol. The summed E-state index contributed by atoms with van der Waals surface area (Å²) in [7, 11) is -1.42. The van der Waals surface area contributed by atoms with Gasteiger partial charge in [0, 0.05) is 31.7 Å². The van der Waals surface area contributed by atoms with Crippen molar-refractivity contribution in [3.8, 4) is 0 Å². The van der Waals surface area contributed by atoms with E-state index in [1.54, 1.807) is 16.4 Å². The number of rotatable bonds is 3. The van der Waals surface area contributed by atoms with Gasteiger partial charge < -0.3 is 5.73 Å². The normalized spacial score (nSPS) is 20.6. The van der Waals surface area contributed by atoms with Crippen molar-refractivity contribution in [2.24, 2.45) is 5.73 Å². The third kappa shape index (κ3) is 3.13. The molecular weight excluding hydrogens is 286 g/mol. The van der Waals surface area contributed by atoms with E-state index in [-0.39, 0.29) is 5.54 Å². The van der Waals surface area contributed by atoms with Crippen LogP contribution < -0.4 is 5.73 Å². The Morgan fingerprint density at radius 2 is 1.95 bits per heavy atom. The van der Waals surface area contributed by atoms with Gasteiger partial charge in [0.25, 0.3) is 0 Å². The highest BCUT2D eigenvalue weighted by Gasteiger charge is 2.37. The molecule has 1 aliphatic rings. The second-order valence-electron chi connectivity index (χ2n) is 6.36. The first-order valence-corrected chi connectivity index (χ1v) is 8.63. The molecule has 1 heterocycles. The van der Waals surface area contributed by atoms with Crippen molar-refractivity contribution in [1.82, 2.24) is 9.21 Å². The topological polar surface area (TPSA) is 66.6 Å². The standard InChI is InChI=1S/C15H25N3O2S/c1-12-5-6-14(9-13(12)10-16)21(19,20)18-8-7-17(4)15(2,3)11-18/h5-6,9H,7-8,10-11,16H2,1-4H3. The molecule has 1 aromatic carbocycles. The predicted molar refractivity (Wildman–Crippen MR) is 84.5 cm³/mol. The number of piperazine rings is 1. The summed E-state index contributed by atoms with van der Waals surface area (Å²) in [4.78, 5) is 2.54. The minimum absolute atomic E-state index is 0.160. The van der Waals surface area contributed by atoms with Crippen LogP contribution in [0.2, 0.25) is 0 Å². The van der Waals surface area contributed by atoms with E-state index in [0.29, 0.717) is 24.5 Å². The molecule has 0 amide bonds. The molecule has 2 N–H and O–H groups in total. The smallest absolute Gasteiger partial charge is 0.243 e. The Balaban J connectivity index is 2.34. The van der Waals surface area contributed by atoms with E-state index < -0.39 is 10.0 Å². The predicted octanol–water partition coefficient (Wildman–Crippen LogP) is 1.17. The fourth-order valence-corrected chi connectivity index (χ4v) is 4.22. The number of nitrogens with zero attached hydrogens (tertiary/aromatic N) is 2. The van der Waals surface area contributed by atoms with Crippen LogP contribution in [0.5, 0.6) is 0 Å². The fourth-order valence-electron chi connectivity index (χ4n) is 2.58. The first-order valence-electron chi connectivity index (χ1n) is 7.19. The summed E-state index contributed by atoms with van der Waals surface area (Å²) in [5.41, 5.74) is 7.43. The molecular formula is C15H25N3O2S. The van der Waals surface area contributed by atoms with Gasteiger partial charge in [-0.15, -0.1) is 0 Å². The highest BCUT2D eigenvalue weighted by molar-refractivity contribution is 7.89. The number of aryl methyl sites for hydroxylation is 1. The average Bonchev–Trinajstić information content (AvgIpc) is 2.42. The second kappa shape index (κ2) is 5.68. The number of hydrogen-bond acceptors (Lipinski definition) is 4. The summed E-state index contributed by atoms with van der Waals surface area (Å²) in [5, 5.41) is 0. The summed E-state index contributed by atoms with van der Waals surface area (Å²) in [6.45, 7) is 8.18. The molecule has 0 aromatic heterocycles. The lowest BCUT2D eigenvalue weighted by atomic mass is 10.0. The SMILES string of the molecule is Cc1ccc(S(=O)(=O)N2CCN(C)C(C)(C)C2)cc1CN. The van der Waals surface area contributed by atoms with Gasteiger partial charge in [0.2, 0.25) is 10.0 Å². The van der Waals surface area contributed by atoms with E-state index in [4.69, 9.17) is 5.73 Å². The van der Waals surface area contributed by atoms with Crippen molar-refractivity contribution >= 4 is 10.0 Å². The van der Waals surface area contributed by atoms with Crippen LogP contribution in [0.4, 0.5) is 0 Å². The molecule has 5 nitrogen and oxygen atoms in total. The van der Waals surface area contributed by atoms with Crippen molar-refractivity contribution in [1.29, 1.82) is 0 Å². The summed E-state index contributed by atoms with van der Waals surface area (Å²) in [5.74, 6) is 0. The lowest BCUT2D eigenvalue weighted by molar-refractivity contribution is 0.0801. The van der Waals surface area contributed by atoms with Crippen LogP contribution in [0.1, 0.15) is 25.0 Å². The molecule has 1 saturated heterocycles. The quantitative estimate of drug-likeness (QED) is 0.910. The molecule has 6 heteroatoms. The van der Waals surface area contributed by atoms with E-state index in [9.17, 15) is 8.42 Å². The molecule has 0 radical (unpaired) electrons. The summed E-state index contributed by atoms with van der Waals surface area (Å²) in [6.07, 6.45) is 0. The van der Waals surface area contributed by atoms with Crippen molar-refractivity contribution < 1.29 is 8.42 Å². The highest BCUT2D eigenvalue weighted by atomic mass is 32.2. The van der Waals surface area contributed by atoms with Gasteiger partial charge >= 0.3 is 0 Å². The Kier molecular flexibility index (Phi) is 4.44. The Morgan fingerprint density at radius 3 is 2.52 bits per heavy atom. The third-order valence-electron chi connectivity index (χ3n) is 4.46. The fraction of sp³-hybridized carbons (Fsp3) is 0.600. The zero-order valence-electron chi connectivity index (χ0n) is 13.3. The van der Waals surface area contributed by atoms with Gasteiger partial charge in [-0.2, -0.15) is 4.31 Å². The van der Waals surface area contributed by atoms with Gasteiger partial charge in [0.05, 0.1) is 4.90 Å². The van der Waals surface area contributed by atoms with Crippen molar-refractivity contribution in [2.45, 2.75) is 37.8 Å². The molecule has 21 heavy (non-hydrogen) atoms. The molecule has 2 rings (SSSR count). The van der Waals surface area contributed by atoms with Gasteiger partial charge in [0.15, 0.2) is 0 Å². The highest BCUT2D eigenvalue weighted by Crippen LogP contribution is 2.25. The summed E-state index contributed by atoms with van der Waals surface area (Å²) >= 11 is 0. The maximum atomic E-state index is 12.8. The van der Waals surface area contributed by atoms with Crippen LogP contribution in [-0.2, 0) is 16.6 Å². The zero-order valence-corrected chi connectivity index (χ0v) is 14.1. The zero-order chi connectivity index (χ0) is 15.8.